The predicted octanol–water partition coefficient (Wildman–Crippen LogP) is 4.10. The third-order valence-electron chi connectivity index (χ3n) is 4.30. The van der Waals surface area contributed by atoms with Crippen LogP contribution >= 0.6 is 22.9 Å². The second-order valence-corrected chi connectivity index (χ2v) is 9.50. The summed E-state index contributed by atoms with van der Waals surface area (Å²) < 4.78 is 27.9. The first-order valence-corrected chi connectivity index (χ1v) is 11.5. The standard InChI is InChI=1S/C19H15ClN4O3S2/c1-2-29(26,27)23-15-10-12(5-6-14(15)20)16-7-8-21-19-13(11-22-24(16)19)18(25)17-4-3-9-28-17/h3-11,23H,2H2,1H3. The molecular formula is C19H15ClN4O3S2. The SMILES string of the molecule is CCS(=O)(=O)Nc1cc(-c2ccnc3c(C(=O)c4cccs4)cnn23)ccc1Cl. The van der Waals surface area contributed by atoms with Crippen LogP contribution in [-0.2, 0) is 10.0 Å². The molecule has 4 aromatic rings. The van der Waals surface area contributed by atoms with Gasteiger partial charge in [-0.25, -0.2) is 17.9 Å². The second-order valence-electron chi connectivity index (χ2n) is 6.13. The van der Waals surface area contributed by atoms with Gasteiger partial charge in [0.25, 0.3) is 0 Å². The maximum Gasteiger partial charge on any atom is 0.232 e. The minimum Gasteiger partial charge on any atom is -0.287 e. The van der Waals surface area contributed by atoms with Crippen molar-refractivity contribution in [1.82, 2.24) is 14.6 Å². The van der Waals surface area contributed by atoms with E-state index >= 15 is 0 Å². The molecule has 0 saturated carbocycles. The number of ketones is 1. The van der Waals surface area contributed by atoms with Gasteiger partial charge in [-0.2, -0.15) is 5.10 Å². The number of thiophene rings is 1. The fourth-order valence-electron chi connectivity index (χ4n) is 2.81. The van der Waals surface area contributed by atoms with Gasteiger partial charge in [0.15, 0.2) is 5.65 Å². The van der Waals surface area contributed by atoms with Crippen LogP contribution in [0, 0.1) is 0 Å². The molecule has 3 heterocycles. The van der Waals surface area contributed by atoms with E-state index in [1.807, 2.05) is 11.4 Å². The molecule has 4 rings (SSSR count). The van der Waals surface area contributed by atoms with Gasteiger partial charge in [-0.05, 0) is 36.6 Å². The van der Waals surface area contributed by atoms with E-state index in [2.05, 4.69) is 14.8 Å². The molecule has 10 heteroatoms. The van der Waals surface area contributed by atoms with Crippen LogP contribution in [0.25, 0.3) is 16.9 Å². The molecule has 0 spiro atoms. The number of sulfonamides is 1. The van der Waals surface area contributed by atoms with Crippen molar-refractivity contribution < 1.29 is 13.2 Å². The van der Waals surface area contributed by atoms with Gasteiger partial charge < -0.3 is 0 Å². The smallest absolute Gasteiger partial charge is 0.232 e. The molecule has 0 radical (unpaired) electrons. The van der Waals surface area contributed by atoms with Gasteiger partial charge in [0.05, 0.1) is 38.8 Å². The van der Waals surface area contributed by atoms with E-state index < -0.39 is 10.0 Å². The average Bonchev–Trinajstić information content (AvgIpc) is 3.39. The Balaban J connectivity index is 1.80. The number of anilines is 1. The zero-order chi connectivity index (χ0) is 20.6. The first kappa shape index (κ1) is 19.6. The number of hydrogen-bond donors (Lipinski definition) is 1. The van der Waals surface area contributed by atoms with E-state index in [0.29, 0.717) is 27.3 Å². The Morgan fingerprint density at radius 1 is 1.28 bits per heavy atom. The number of fused-ring (bicyclic) bond motifs is 1. The van der Waals surface area contributed by atoms with Crippen molar-refractivity contribution in [1.29, 1.82) is 0 Å². The van der Waals surface area contributed by atoms with Gasteiger partial charge in [-0.15, -0.1) is 11.3 Å². The highest BCUT2D eigenvalue weighted by Gasteiger charge is 2.19. The Hall–Kier alpha value is -2.75. The van der Waals surface area contributed by atoms with Crippen LogP contribution in [0.5, 0.6) is 0 Å². The number of nitrogens with zero attached hydrogens (tertiary/aromatic N) is 3. The van der Waals surface area contributed by atoms with Gasteiger partial charge in [0.1, 0.15) is 0 Å². The van der Waals surface area contributed by atoms with Crippen molar-refractivity contribution in [3.63, 3.8) is 0 Å². The van der Waals surface area contributed by atoms with E-state index in [1.54, 1.807) is 48.0 Å². The Labute approximate surface area is 176 Å². The number of benzene rings is 1. The van der Waals surface area contributed by atoms with E-state index in [9.17, 15) is 13.2 Å². The van der Waals surface area contributed by atoms with Crippen molar-refractivity contribution in [3.05, 3.63) is 69.6 Å². The van der Waals surface area contributed by atoms with Crippen LogP contribution in [0.1, 0.15) is 22.2 Å². The monoisotopic (exact) mass is 446 g/mol. The quantitative estimate of drug-likeness (QED) is 0.450. The first-order chi connectivity index (χ1) is 13.9. The zero-order valence-corrected chi connectivity index (χ0v) is 17.6. The van der Waals surface area contributed by atoms with Gasteiger partial charge in [-0.3, -0.25) is 9.52 Å². The number of nitrogens with one attached hydrogen (secondary N) is 1. The summed E-state index contributed by atoms with van der Waals surface area (Å²) in [6.07, 6.45) is 3.08. The van der Waals surface area contributed by atoms with E-state index in [-0.39, 0.29) is 22.2 Å². The molecule has 0 atom stereocenters. The summed E-state index contributed by atoms with van der Waals surface area (Å²) in [6.45, 7) is 1.54. The average molecular weight is 447 g/mol. The summed E-state index contributed by atoms with van der Waals surface area (Å²) in [7, 11) is -3.48. The Bertz CT molecular complexity index is 1310. The van der Waals surface area contributed by atoms with Gasteiger partial charge in [0.2, 0.25) is 15.8 Å². The molecule has 7 nitrogen and oxygen atoms in total. The number of rotatable bonds is 6. The summed E-state index contributed by atoms with van der Waals surface area (Å²) in [4.78, 5) is 17.7. The van der Waals surface area contributed by atoms with E-state index in [4.69, 9.17) is 11.6 Å². The van der Waals surface area contributed by atoms with Crippen molar-refractivity contribution in [2.24, 2.45) is 0 Å². The number of hydrogen-bond acceptors (Lipinski definition) is 6. The molecule has 0 unspecified atom stereocenters. The minimum absolute atomic E-state index is 0.0690. The minimum atomic E-state index is -3.48. The largest absolute Gasteiger partial charge is 0.287 e. The second kappa shape index (κ2) is 7.58. The van der Waals surface area contributed by atoms with E-state index in [1.165, 1.54) is 17.5 Å². The lowest BCUT2D eigenvalue weighted by Gasteiger charge is -2.11. The fourth-order valence-corrected chi connectivity index (χ4v) is 4.36. The maximum atomic E-state index is 12.7. The lowest BCUT2D eigenvalue weighted by molar-refractivity contribution is 0.104. The normalized spacial score (nSPS) is 11.7. The molecule has 3 aromatic heterocycles. The molecule has 29 heavy (non-hydrogen) atoms. The number of halogens is 1. The van der Waals surface area contributed by atoms with Crippen LogP contribution in [0.15, 0.2) is 54.2 Å². The number of carbonyl (C=O) groups is 1. The van der Waals surface area contributed by atoms with E-state index in [0.717, 1.165) is 0 Å². The van der Waals surface area contributed by atoms with Crippen LogP contribution in [0.2, 0.25) is 5.02 Å². The molecule has 0 saturated heterocycles. The molecule has 0 amide bonds. The summed E-state index contributed by atoms with van der Waals surface area (Å²) in [5.74, 6) is -0.215. The number of aromatic nitrogens is 3. The van der Waals surface area contributed by atoms with Gasteiger partial charge in [0, 0.05) is 11.8 Å². The molecule has 1 aromatic carbocycles. The van der Waals surface area contributed by atoms with Crippen LogP contribution in [0.3, 0.4) is 0 Å². The fraction of sp³-hybridized carbons (Fsp3) is 0.105. The first-order valence-electron chi connectivity index (χ1n) is 8.61. The molecule has 0 fully saturated rings. The molecule has 148 valence electrons. The molecule has 0 aliphatic heterocycles. The molecule has 0 aliphatic carbocycles. The number of carbonyl (C=O) groups excluding carboxylic acids is 1. The summed E-state index contributed by atoms with van der Waals surface area (Å²) in [6, 6.07) is 10.3. The third-order valence-corrected chi connectivity index (χ3v) is 6.79. The van der Waals surface area contributed by atoms with Crippen LogP contribution in [-0.4, -0.2) is 34.6 Å². The van der Waals surface area contributed by atoms with Crippen molar-refractivity contribution in [3.8, 4) is 11.3 Å². The topological polar surface area (TPSA) is 93.4 Å². The lowest BCUT2D eigenvalue weighted by Crippen LogP contribution is -2.15. The highest BCUT2D eigenvalue weighted by Crippen LogP contribution is 2.30. The highest BCUT2D eigenvalue weighted by atomic mass is 35.5. The summed E-state index contributed by atoms with van der Waals surface area (Å²) in [5.41, 5.74) is 2.42. The van der Waals surface area contributed by atoms with Crippen molar-refractivity contribution in [2.75, 3.05) is 10.5 Å². The third kappa shape index (κ3) is 3.76. The lowest BCUT2D eigenvalue weighted by atomic mass is 10.1. The summed E-state index contributed by atoms with van der Waals surface area (Å²) in [5, 5.41) is 6.46. The molecular weight excluding hydrogens is 432 g/mol. The molecule has 1 N–H and O–H groups in total. The van der Waals surface area contributed by atoms with Crippen LogP contribution < -0.4 is 4.72 Å². The van der Waals surface area contributed by atoms with Crippen molar-refractivity contribution in [2.45, 2.75) is 6.92 Å². The Kier molecular flexibility index (Phi) is 5.12. The predicted molar refractivity (Wildman–Crippen MR) is 114 cm³/mol. The molecule has 0 aliphatic rings. The highest BCUT2D eigenvalue weighted by molar-refractivity contribution is 7.92. The summed E-state index contributed by atoms with van der Waals surface area (Å²) >= 11 is 7.52. The molecule has 0 bridgehead atoms. The zero-order valence-electron chi connectivity index (χ0n) is 15.2. The Morgan fingerprint density at radius 2 is 2.10 bits per heavy atom. The Morgan fingerprint density at radius 3 is 2.83 bits per heavy atom. The van der Waals surface area contributed by atoms with Crippen LogP contribution in [0.4, 0.5) is 5.69 Å². The van der Waals surface area contributed by atoms with Gasteiger partial charge in [-0.1, -0.05) is 23.7 Å². The maximum absolute atomic E-state index is 12.7. The van der Waals surface area contributed by atoms with Gasteiger partial charge >= 0.3 is 0 Å². The van der Waals surface area contributed by atoms with Crippen molar-refractivity contribution >= 4 is 50.1 Å².